The molecule has 2 atom stereocenters. The van der Waals surface area contributed by atoms with Gasteiger partial charge in [0.2, 0.25) is 11.8 Å². The fourth-order valence-electron chi connectivity index (χ4n) is 3.49. The normalized spacial score (nSPS) is 22.2. The molecule has 1 aliphatic carbocycles. The number of H-pyrrole nitrogens is 1. The largest absolute Gasteiger partial charge is 0.493 e. The van der Waals surface area contributed by atoms with Crippen LogP contribution >= 0.6 is 11.6 Å². The number of alkyl halides is 1. The summed E-state index contributed by atoms with van der Waals surface area (Å²) in [5.41, 5.74) is 1.87. The molecule has 26 heavy (non-hydrogen) atoms. The fraction of sp³-hybridized carbons (Fsp3) is 0.474. The minimum Gasteiger partial charge on any atom is -0.493 e. The van der Waals surface area contributed by atoms with Gasteiger partial charge in [-0.15, -0.1) is 11.6 Å². The van der Waals surface area contributed by atoms with Gasteiger partial charge >= 0.3 is 0 Å². The van der Waals surface area contributed by atoms with E-state index in [1.165, 1.54) is 0 Å². The number of amides is 2. The van der Waals surface area contributed by atoms with Crippen molar-refractivity contribution in [2.75, 3.05) is 19.7 Å². The van der Waals surface area contributed by atoms with Crippen LogP contribution in [0.25, 0.3) is 10.9 Å². The molecule has 1 saturated carbocycles. The second kappa shape index (κ2) is 6.83. The highest BCUT2D eigenvalue weighted by molar-refractivity contribution is 6.24. The Morgan fingerprint density at radius 1 is 1.38 bits per heavy atom. The van der Waals surface area contributed by atoms with E-state index in [1.54, 1.807) is 4.90 Å². The van der Waals surface area contributed by atoms with Crippen molar-refractivity contribution in [2.24, 2.45) is 5.92 Å². The van der Waals surface area contributed by atoms with E-state index in [2.05, 4.69) is 10.3 Å². The molecule has 2 aliphatic rings. The van der Waals surface area contributed by atoms with Crippen LogP contribution in [0.2, 0.25) is 0 Å². The third kappa shape index (κ3) is 3.26. The molecule has 2 amide bonds. The van der Waals surface area contributed by atoms with Crippen molar-refractivity contribution in [1.82, 2.24) is 15.2 Å². The molecule has 0 spiro atoms. The molecule has 6 nitrogen and oxygen atoms in total. The first-order valence-electron chi connectivity index (χ1n) is 9.00. The summed E-state index contributed by atoms with van der Waals surface area (Å²) in [5, 5.41) is 3.96. The van der Waals surface area contributed by atoms with E-state index >= 15 is 0 Å². The molecular formula is C19H22ClN3O3. The maximum atomic E-state index is 12.4. The van der Waals surface area contributed by atoms with Crippen LogP contribution in [0.15, 0.2) is 24.4 Å². The Labute approximate surface area is 156 Å². The molecule has 4 rings (SSSR count). The third-order valence-corrected chi connectivity index (χ3v) is 5.47. The molecule has 0 radical (unpaired) electrons. The predicted octanol–water partition coefficient (Wildman–Crippen LogP) is 2.06. The maximum absolute atomic E-state index is 12.4. The lowest BCUT2D eigenvalue weighted by atomic mass is 10.1. The second-order valence-electron chi connectivity index (χ2n) is 6.97. The fourth-order valence-corrected chi connectivity index (χ4v) is 3.79. The van der Waals surface area contributed by atoms with Crippen LogP contribution in [0.5, 0.6) is 5.75 Å². The highest BCUT2D eigenvalue weighted by Gasteiger charge is 2.46. The first-order valence-corrected chi connectivity index (χ1v) is 9.44. The zero-order valence-corrected chi connectivity index (χ0v) is 15.4. The van der Waals surface area contributed by atoms with Crippen molar-refractivity contribution in [2.45, 2.75) is 31.2 Å². The highest BCUT2D eigenvalue weighted by Crippen LogP contribution is 2.38. The second-order valence-corrected chi connectivity index (χ2v) is 7.53. The monoisotopic (exact) mass is 375 g/mol. The van der Waals surface area contributed by atoms with Crippen LogP contribution in [0.3, 0.4) is 0 Å². The highest BCUT2D eigenvalue weighted by atomic mass is 35.5. The number of rotatable bonds is 6. The summed E-state index contributed by atoms with van der Waals surface area (Å²) in [7, 11) is 0. The lowest BCUT2D eigenvalue weighted by Gasteiger charge is -2.39. The van der Waals surface area contributed by atoms with Gasteiger partial charge in [0.25, 0.3) is 0 Å². The number of carbonyl (C=O) groups is 2. The summed E-state index contributed by atoms with van der Waals surface area (Å²) in [6.07, 6.45) is 2.91. The van der Waals surface area contributed by atoms with Crippen molar-refractivity contribution in [3.63, 3.8) is 0 Å². The number of nitrogens with zero attached hydrogens (tertiary/aromatic N) is 1. The van der Waals surface area contributed by atoms with E-state index in [0.717, 1.165) is 28.6 Å². The molecule has 138 valence electrons. The Balaban J connectivity index is 1.34. The molecule has 0 bridgehead atoms. The SMILES string of the molecule is CCOc1cccc2[nH]cc(CC(=O)NC3CN(C(=O)C4CC4Cl)C3)c12. The molecule has 2 N–H and O–H groups in total. The Morgan fingerprint density at radius 3 is 2.85 bits per heavy atom. The number of hydrogen-bond donors (Lipinski definition) is 2. The van der Waals surface area contributed by atoms with Crippen LogP contribution in [0.4, 0.5) is 0 Å². The van der Waals surface area contributed by atoms with Gasteiger partial charge in [-0.05, 0) is 31.0 Å². The summed E-state index contributed by atoms with van der Waals surface area (Å²) in [4.78, 5) is 29.4. The van der Waals surface area contributed by atoms with E-state index in [9.17, 15) is 9.59 Å². The van der Waals surface area contributed by atoms with Gasteiger partial charge in [0, 0.05) is 35.6 Å². The Hall–Kier alpha value is -2.21. The Bertz CT molecular complexity index is 844. The maximum Gasteiger partial charge on any atom is 0.227 e. The zero-order chi connectivity index (χ0) is 18.3. The molecular weight excluding hydrogens is 354 g/mol. The van der Waals surface area contributed by atoms with Gasteiger partial charge in [-0.1, -0.05) is 6.07 Å². The number of fused-ring (bicyclic) bond motifs is 1. The van der Waals surface area contributed by atoms with Crippen LogP contribution in [0, 0.1) is 5.92 Å². The molecule has 1 aromatic heterocycles. The first kappa shape index (κ1) is 17.2. The Morgan fingerprint density at radius 2 is 2.15 bits per heavy atom. The molecule has 1 aliphatic heterocycles. The lowest BCUT2D eigenvalue weighted by Crippen LogP contribution is -2.61. The molecule has 1 saturated heterocycles. The van der Waals surface area contributed by atoms with Crippen LogP contribution < -0.4 is 10.1 Å². The minimum atomic E-state index is -0.0454. The molecule has 2 unspecified atom stereocenters. The number of ether oxygens (including phenoxy) is 1. The number of aromatic amines is 1. The third-order valence-electron chi connectivity index (χ3n) is 4.99. The minimum absolute atomic E-state index is 0.00227. The predicted molar refractivity (Wildman–Crippen MR) is 99.4 cm³/mol. The first-order chi connectivity index (χ1) is 12.6. The summed E-state index contributed by atoms with van der Waals surface area (Å²) >= 11 is 5.92. The van der Waals surface area contributed by atoms with E-state index in [1.807, 2.05) is 31.3 Å². The van der Waals surface area contributed by atoms with Crippen molar-refractivity contribution < 1.29 is 14.3 Å². The number of likely N-dealkylation sites (tertiary alicyclic amines) is 1. The van der Waals surface area contributed by atoms with Crippen LogP contribution in [-0.4, -0.2) is 52.8 Å². The van der Waals surface area contributed by atoms with E-state index in [4.69, 9.17) is 16.3 Å². The van der Waals surface area contributed by atoms with Gasteiger partial charge in [-0.2, -0.15) is 0 Å². The topological polar surface area (TPSA) is 74.4 Å². The molecule has 7 heteroatoms. The van der Waals surface area contributed by atoms with Crippen molar-refractivity contribution >= 4 is 34.3 Å². The number of nitrogens with one attached hydrogen (secondary N) is 2. The number of benzene rings is 1. The van der Waals surface area contributed by atoms with Gasteiger partial charge in [-0.25, -0.2) is 0 Å². The lowest BCUT2D eigenvalue weighted by molar-refractivity contribution is -0.139. The van der Waals surface area contributed by atoms with Gasteiger partial charge in [0.1, 0.15) is 5.75 Å². The number of halogens is 1. The molecule has 2 fully saturated rings. The van der Waals surface area contributed by atoms with Crippen LogP contribution in [-0.2, 0) is 16.0 Å². The Kier molecular flexibility index (Phi) is 4.53. The number of hydrogen-bond acceptors (Lipinski definition) is 3. The van der Waals surface area contributed by atoms with Gasteiger partial charge in [-0.3, -0.25) is 9.59 Å². The van der Waals surface area contributed by atoms with Gasteiger partial charge < -0.3 is 19.9 Å². The molecule has 1 aromatic carbocycles. The number of aromatic nitrogens is 1. The molecule has 2 aromatic rings. The van der Waals surface area contributed by atoms with E-state index in [-0.39, 0.29) is 35.6 Å². The smallest absolute Gasteiger partial charge is 0.227 e. The van der Waals surface area contributed by atoms with Crippen molar-refractivity contribution in [3.05, 3.63) is 30.0 Å². The standard InChI is InChI=1S/C19H22ClN3O3/c1-2-26-16-5-3-4-15-18(16)11(8-21-15)6-17(24)22-12-9-23(10-12)19(25)13-7-14(13)20/h3-5,8,12-14,21H,2,6-7,9-10H2,1H3,(H,22,24). The van der Waals surface area contributed by atoms with Crippen molar-refractivity contribution in [3.8, 4) is 5.75 Å². The average molecular weight is 376 g/mol. The summed E-state index contributed by atoms with van der Waals surface area (Å²) < 4.78 is 5.68. The summed E-state index contributed by atoms with van der Waals surface area (Å²) in [5.74, 6) is 0.843. The summed E-state index contributed by atoms with van der Waals surface area (Å²) in [6.45, 7) is 3.66. The number of carbonyl (C=O) groups excluding carboxylic acids is 2. The zero-order valence-electron chi connectivity index (χ0n) is 14.6. The molecule has 2 heterocycles. The summed E-state index contributed by atoms with van der Waals surface area (Å²) in [6, 6.07) is 5.84. The van der Waals surface area contributed by atoms with Gasteiger partial charge in [0.15, 0.2) is 0 Å². The quantitative estimate of drug-likeness (QED) is 0.759. The van der Waals surface area contributed by atoms with Crippen molar-refractivity contribution in [1.29, 1.82) is 0 Å². The van der Waals surface area contributed by atoms with E-state index in [0.29, 0.717) is 19.7 Å². The van der Waals surface area contributed by atoms with Gasteiger partial charge in [0.05, 0.1) is 25.0 Å². The van der Waals surface area contributed by atoms with E-state index < -0.39 is 0 Å². The van der Waals surface area contributed by atoms with Crippen LogP contribution in [0.1, 0.15) is 18.9 Å². The average Bonchev–Trinajstić information content (AvgIpc) is 3.17.